The zero-order valence-electron chi connectivity index (χ0n) is 9.06. The fourth-order valence-electron chi connectivity index (χ4n) is 1.76. The van der Waals surface area contributed by atoms with Gasteiger partial charge >= 0.3 is 0 Å². The third-order valence-corrected chi connectivity index (χ3v) is 2.80. The topological polar surface area (TPSA) is 34.1 Å². The Morgan fingerprint density at radius 2 is 1.57 bits per heavy atom. The fourth-order valence-corrected chi connectivity index (χ4v) is 1.76. The van der Waals surface area contributed by atoms with Crippen LogP contribution in [-0.4, -0.2) is 0 Å². The van der Waals surface area contributed by atoms with E-state index in [0.717, 1.165) is 18.4 Å². The van der Waals surface area contributed by atoms with Crippen LogP contribution < -0.4 is 10.9 Å². The number of rotatable bonds is 6. The lowest BCUT2D eigenvalue weighted by atomic mass is 9.96. The largest absolute Gasteiger partial charge is 0.285 e. The molecule has 0 unspecified atom stereocenters. The molecule has 1 aromatic rings. The molecule has 0 bridgehead atoms. The maximum Gasteiger partial charge on any atom is 0.229 e. The zero-order chi connectivity index (χ0) is 10.6. The van der Waals surface area contributed by atoms with Crippen molar-refractivity contribution in [2.75, 3.05) is 0 Å². The molecule has 0 heterocycles. The van der Waals surface area contributed by atoms with E-state index >= 15 is 0 Å². The highest BCUT2D eigenvalue weighted by molar-refractivity contribution is 5.31. The predicted molar refractivity (Wildman–Crippen MR) is 58.6 cm³/mol. The van der Waals surface area contributed by atoms with Crippen LogP contribution in [0.15, 0.2) is 9.59 Å². The van der Waals surface area contributed by atoms with Crippen LogP contribution in [0, 0.1) is 6.92 Å². The summed E-state index contributed by atoms with van der Waals surface area (Å²) < 4.78 is 0. The minimum Gasteiger partial charge on any atom is -0.285 e. The fraction of sp³-hybridized carbons (Fsp3) is 0.667. The summed E-state index contributed by atoms with van der Waals surface area (Å²) >= 11 is 0. The Morgan fingerprint density at radius 3 is 2.14 bits per heavy atom. The second-order valence-corrected chi connectivity index (χ2v) is 3.93. The van der Waals surface area contributed by atoms with Crippen molar-refractivity contribution in [1.29, 1.82) is 0 Å². The Hall–Kier alpha value is -0.920. The van der Waals surface area contributed by atoms with Crippen LogP contribution in [0.4, 0.5) is 0 Å². The van der Waals surface area contributed by atoms with Crippen molar-refractivity contribution >= 4 is 0 Å². The number of hydrogen-bond acceptors (Lipinski definition) is 2. The SMILES string of the molecule is CCCCCCCc1c(C)c(=O)c1=O. The molecule has 0 aliphatic carbocycles. The number of unbranched alkanes of at least 4 members (excludes halogenated alkanes) is 4. The van der Waals surface area contributed by atoms with Crippen molar-refractivity contribution in [3.8, 4) is 0 Å². The van der Waals surface area contributed by atoms with Gasteiger partial charge in [0.1, 0.15) is 0 Å². The van der Waals surface area contributed by atoms with E-state index in [9.17, 15) is 9.59 Å². The minimum absolute atomic E-state index is 0.238. The van der Waals surface area contributed by atoms with E-state index in [1.165, 1.54) is 25.7 Å². The summed E-state index contributed by atoms with van der Waals surface area (Å²) in [6, 6.07) is 0. The summed E-state index contributed by atoms with van der Waals surface area (Å²) in [7, 11) is 0. The average Bonchev–Trinajstić information content (AvgIpc) is 2.22. The molecule has 78 valence electrons. The molecule has 0 saturated heterocycles. The smallest absolute Gasteiger partial charge is 0.229 e. The quantitative estimate of drug-likeness (QED) is 0.513. The van der Waals surface area contributed by atoms with E-state index in [0.29, 0.717) is 5.56 Å². The lowest BCUT2D eigenvalue weighted by Crippen LogP contribution is -2.38. The van der Waals surface area contributed by atoms with Crippen LogP contribution in [0.3, 0.4) is 0 Å². The first-order valence-electron chi connectivity index (χ1n) is 5.47. The highest BCUT2D eigenvalue weighted by Gasteiger charge is 2.15. The van der Waals surface area contributed by atoms with Crippen molar-refractivity contribution in [2.24, 2.45) is 0 Å². The molecule has 0 aliphatic rings. The van der Waals surface area contributed by atoms with Crippen molar-refractivity contribution in [3.05, 3.63) is 31.6 Å². The Balaban J connectivity index is 2.27. The van der Waals surface area contributed by atoms with Gasteiger partial charge in [0.15, 0.2) is 0 Å². The summed E-state index contributed by atoms with van der Waals surface area (Å²) in [5, 5.41) is 0. The predicted octanol–water partition coefficient (Wildman–Crippen LogP) is 2.10. The highest BCUT2D eigenvalue weighted by atomic mass is 16.2. The Kier molecular flexibility index (Phi) is 4.05. The van der Waals surface area contributed by atoms with E-state index in [-0.39, 0.29) is 10.9 Å². The molecule has 0 spiro atoms. The maximum absolute atomic E-state index is 11.1. The molecular weight excluding hydrogens is 176 g/mol. The maximum atomic E-state index is 11.1. The molecule has 1 aromatic carbocycles. The second kappa shape index (κ2) is 5.08. The average molecular weight is 194 g/mol. The van der Waals surface area contributed by atoms with E-state index in [2.05, 4.69) is 6.92 Å². The van der Waals surface area contributed by atoms with Crippen LogP contribution in [0.1, 0.15) is 50.2 Å². The summed E-state index contributed by atoms with van der Waals surface area (Å²) in [4.78, 5) is 22.0. The van der Waals surface area contributed by atoms with Crippen molar-refractivity contribution in [3.63, 3.8) is 0 Å². The lowest BCUT2D eigenvalue weighted by molar-refractivity contribution is 0.629. The lowest BCUT2D eigenvalue weighted by Gasteiger charge is -2.05. The first-order chi connectivity index (χ1) is 6.68. The highest BCUT2D eigenvalue weighted by Crippen LogP contribution is 2.08. The summed E-state index contributed by atoms with van der Waals surface area (Å²) in [5.41, 5.74) is 0.975. The normalized spacial score (nSPS) is 11.0. The number of hydrogen-bond donors (Lipinski definition) is 0. The second-order valence-electron chi connectivity index (χ2n) is 3.93. The zero-order valence-corrected chi connectivity index (χ0v) is 9.06. The Bertz CT molecular complexity index is 356. The third-order valence-electron chi connectivity index (χ3n) is 2.80. The molecule has 1 rings (SSSR count). The van der Waals surface area contributed by atoms with E-state index < -0.39 is 0 Å². The van der Waals surface area contributed by atoms with Gasteiger partial charge in [-0.3, -0.25) is 9.59 Å². The van der Waals surface area contributed by atoms with Crippen molar-refractivity contribution in [1.82, 2.24) is 0 Å². The standard InChI is InChI=1S/C12H18O2/c1-3-4-5-6-7-8-10-9(2)11(13)12(10)14/h3-8H2,1-2H3. The molecule has 0 N–H and O–H groups in total. The molecular formula is C12H18O2. The summed E-state index contributed by atoms with van der Waals surface area (Å²) in [5.74, 6) is 0. The van der Waals surface area contributed by atoms with Gasteiger partial charge in [-0.05, 0) is 19.8 Å². The van der Waals surface area contributed by atoms with E-state index in [1.807, 2.05) is 0 Å². The first-order valence-corrected chi connectivity index (χ1v) is 5.47. The summed E-state index contributed by atoms with van der Waals surface area (Å²) in [6.07, 6.45) is 6.77. The van der Waals surface area contributed by atoms with Crippen LogP contribution in [-0.2, 0) is 6.42 Å². The molecule has 2 nitrogen and oxygen atoms in total. The van der Waals surface area contributed by atoms with Gasteiger partial charge in [0.05, 0.1) is 0 Å². The molecule has 0 fully saturated rings. The molecule has 0 amide bonds. The third kappa shape index (κ3) is 2.31. The van der Waals surface area contributed by atoms with Gasteiger partial charge in [-0.15, -0.1) is 0 Å². The molecule has 0 radical (unpaired) electrons. The van der Waals surface area contributed by atoms with Crippen LogP contribution in [0.5, 0.6) is 0 Å². The first kappa shape index (κ1) is 11.2. The molecule has 0 aliphatic heterocycles. The van der Waals surface area contributed by atoms with Gasteiger partial charge in [0, 0.05) is 11.1 Å². The van der Waals surface area contributed by atoms with Gasteiger partial charge in [-0.25, -0.2) is 0 Å². The molecule has 0 atom stereocenters. The van der Waals surface area contributed by atoms with Crippen LogP contribution in [0.25, 0.3) is 0 Å². The molecule has 14 heavy (non-hydrogen) atoms. The summed E-state index contributed by atoms with van der Waals surface area (Å²) in [6.45, 7) is 3.94. The Labute approximate surface area is 84.7 Å². The Morgan fingerprint density at radius 1 is 0.929 bits per heavy atom. The minimum atomic E-state index is -0.270. The molecule has 0 saturated carbocycles. The van der Waals surface area contributed by atoms with Gasteiger partial charge in [0.2, 0.25) is 10.9 Å². The van der Waals surface area contributed by atoms with Crippen LogP contribution in [0.2, 0.25) is 0 Å². The van der Waals surface area contributed by atoms with Gasteiger partial charge in [-0.1, -0.05) is 32.6 Å². The van der Waals surface area contributed by atoms with E-state index in [4.69, 9.17) is 0 Å². The molecule has 2 heteroatoms. The van der Waals surface area contributed by atoms with Crippen molar-refractivity contribution in [2.45, 2.75) is 52.4 Å². The van der Waals surface area contributed by atoms with Crippen LogP contribution >= 0.6 is 0 Å². The van der Waals surface area contributed by atoms with Crippen molar-refractivity contribution < 1.29 is 0 Å². The molecule has 0 aromatic heterocycles. The van der Waals surface area contributed by atoms with E-state index in [1.54, 1.807) is 6.92 Å². The van der Waals surface area contributed by atoms with Gasteiger partial charge in [-0.2, -0.15) is 0 Å². The monoisotopic (exact) mass is 194 g/mol. The van der Waals surface area contributed by atoms with Gasteiger partial charge in [0.25, 0.3) is 0 Å². The van der Waals surface area contributed by atoms with Gasteiger partial charge < -0.3 is 0 Å².